The van der Waals surface area contributed by atoms with Crippen LogP contribution in [-0.4, -0.2) is 17.1 Å². The largest absolute Gasteiger partial charge is 0.495 e. The molecule has 0 saturated heterocycles. The summed E-state index contributed by atoms with van der Waals surface area (Å²) in [5, 5.41) is 6.50. The molecule has 6 rings (SSSR count). The summed E-state index contributed by atoms with van der Waals surface area (Å²) in [5.74, 6) is 1.46. The van der Waals surface area contributed by atoms with E-state index in [1.54, 1.807) is 24.8 Å². The zero-order valence-corrected chi connectivity index (χ0v) is 17.4. The highest BCUT2D eigenvalue weighted by atomic mass is 32.1. The Labute approximate surface area is 181 Å². The molecule has 3 aromatic heterocycles. The Kier molecular flexibility index (Phi) is 4.11. The summed E-state index contributed by atoms with van der Waals surface area (Å²) in [6, 6.07) is 24.4. The van der Waals surface area contributed by atoms with Gasteiger partial charge in [-0.15, -0.1) is 11.3 Å². The van der Waals surface area contributed by atoms with Crippen LogP contribution in [0.5, 0.6) is 5.75 Å². The van der Waals surface area contributed by atoms with E-state index in [0.29, 0.717) is 0 Å². The molecule has 6 heteroatoms. The first-order chi connectivity index (χ1) is 15.3. The van der Waals surface area contributed by atoms with Gasteiger partial charge in [0.1, 0.15) is 33.9 Å². The maximum atomic E-state index is 6.05. The highest BCUT2D eigenvalue weighted by molar-refractivity contribution is 7.21. The van der Waals surface area contributed by atoms with E-state index in [4.69, 9.17) is 9.15 Å². The van der Waals surface area contributed by atoms with Crippen molar-refractivity contribution < 1.29 is 9.15 Å². The number of hydrogen-bond acceptors (Lipinski definition) is 6. The van der Waals surface area contributed by atoms with Crippen LogP contribution in [0.2, 0.25) is 0 Å². The topological polar surface area (TPSA) is 60.2 Å². The molecule has 5 nitrogen and oxygen atoms in total. The predicted octanol–water partition coefficient (Wildman–Crippen LogP) is 7.01. The first-order valence-corrected chi connectivity index (χ1v) is 10.7. The van der Waals surface area contributed by atoms with E-state index >= 15 is 0 Å². The molecule has 0 aliphatic heterocycles. The number of thiophene rings is 1. The summed E-state index contributed by atoms with van der Waals surface area (Å²) >= 11 is 1.65. The third kappa shape index (κ3) is 3.00. The number of anilines is 2. The highest BCUT2D eigenvalue weighted by Gasteiger charge is 2.15. The van der Waals surface area contributed by atoms with Crippen LogP contribution < -0.4 is 10.1 Å². The van der Waals surface area contributed by atoms with Crippen molar-refractivity contribution in [1.82, 2.24) is 9.97 Å². The average molecular weight is 423 g/mol. The molecule has 0 aliphatic rings. The van der Waals surface area contributed by atoms with Gasteiger partial charge in [-0.1, -0.05) is 48.5 Å². The van der Waals surface area contributed by atoms with Gasteiger partial charge in [0.05, 0.1) is 18.2 Å². The molecule has 0 fully saturated rings. The maximum Gasteiger partial charge on any atom is 0.143 e. The summed E-state index contributed by atoms with van der Waals surface area (Å²) in [4.78, 5) is 11.1. The van der Waals surface area contributed by atoms with Gasteiger partial charge < -0.3 is 14.5 Å². The van der Waals surface area contributed by atoms with Crippen LogP contribution in [0.4, 0.5) is 11.5 Å². The molecule has 0 spiro atoms. The molecule has 0 radical (unpaired) electrons. The van der Waals surface area contributed by atoms with Gasteiger partial charge in [-0.2, -0.15) is 0 Å². The van der Waals surface area contributed by atoms with Crippen LogP contribution in [0.1, 0.15) is 0 Å². The van der Waals surface area contributed by atoms with Crippen LogP contribution in [0.3, 0.4) is 0 Å². The summed E-state index contributed by atoms with van der Waals surface area (Å²) in [6.45, 7) is 0. The van der Waals surface area contributed by atoms with E-state index in [2.05, 4.69) is 39.6 Å². The number of rotatable bonds is 4. The van der Waals surface area contributed by atoms with E-state index in [1.807, 2.05) is 48.5 Å². The Morgan fingerprint density at radius 1 is 0.839 bits per heavy atom. The number of methoxy groups -OCH3 is 1. The summed E-state index contributed by atoms with van der Waals surface area (Å²) in [7, 11) is 1.67. The number of nitrogens with one attached hydrogen (secondary N) is 1. The van der Waals surface area contributed by atoms with Crippen molar-refractivity contribution in [2.75, 3.05) is 12.4 Å². The third-order valence-electron chi connectivity index (χ3n) is 5.34. The highest BCUT2D eigenvalue weighted by Crippen LogP contribution is 2.40. The van der Waals surface area contributed by atoms with Crippen molar-refractivity contribution in [3.8, 4) is 16.2 Å². The average Bonchev–Trinajstić information content (AvgIpc) is 3.41. The van der Waals surface area contributed by atoms with Gasteiger partial charge in [0.15, 0.2) is 0 Å². The quantitative estimate of drug-likeness (QED) is 0.330. The Morgan fingerprint density at radius 3 is 2.55 bits per heavy atom. The van der Waals surface area contributed by atoms with Crippen LogP contribution in [0, 0.1) is 0 Å². The molecule has 150 valence electrons. The number of aromatic nitrogens is 2. The van der Waals surface area contributed by atoms with Crippen molar-refractivity contribution in [2.24, 2.45) is 0 Å². The first-order valence-electron chi connectivity index (χ1n) is 9.86. The zero-order chi connectivity index (χ0) is 20.8. The van der Waals surface area contributed by atoms with Gasteiger partial charge in [-0.05, 0) is 23.8 Å². The van der Waals surface area contributed by atoms with Crippen molar-refractivity contribution in [1.29, 1.82) is 0 Å². The number of furan rings is 1. The predicted molar refractivity (Wildman–Crippen MR) is 126 cm³/mol. The third-order valence-corrected chi connectivity index (χ3v) is 6.43. The van der Waals surface area contributed by atoms with Crippen LogP contribution in [0.25, 0.3) is 42.6 Å². The molecular weight excluding hydrogens is 406 g/mol. The standard InChI is InChI=1S/C25H17N3O2S/c1-29-22-11-17-16-9-5-6-10-20(16)30-21(17)13-19(22)28-24-18-12-23(15-7-3-2-4-8-15)31-25(18)27-14-26-24/h2-14H,1H3,(H,26,27,28). The summed E-state index contributed by atoms with van der Waals surface area (Å²) in [6.07, 6.45) is 1.59. The van der Waals surface area contributed by atoms with E-state index in [0.717, 1.165) is 59.9 Å². The fourth-order valence-corrected chi connectivity index (χ4v) is 4.85. The second-order valence-corrected chi connectivity index (χ2v) is 8.22. The molecule has 0 unspecified atom stereocenters. The van der Waals surface area contributed by atoms with Gasteiger partial charge in [-0.25, -0.2) is 9.97 Å². The lowest BCUT2D eigenvalue weighted by atomic mass is 10.1. The van der Waals surface area contributed by atoms with E-state index < -0.39 is 0 Å². The summed E-state index contributed by atoms with van der Waals surface area (Å²) < 4.78 is 11.7. The minimum atomic E-state index is 0.726. The first kappa shape index (κ1) is 17.9. The van der Waals surface area contributed by atoms with Gasteiger partial charge >= 0.3 is 0 Å². The number of hydrogen-bond donors (Lipinski definition) is 1. The number of para-hydroxylation sites is 1. The molecule has 0 aliphatic carbocycles. The van der Waals surface area contributed by atoms with E-state index in [9.17, 15) is 0 Å². The molecule has 0 bridgehead atoms. The molecule has 31 heavy (non-hydrogen) atoms. The number of benzene rings is 3. The molecule has 0 amide bonds. The smallest absolute Gasteiger partial charge is 0.143 e. The number of fused-ring (bicyclic) bond motifs is 4. The fourth-order valence-electron chi connectivity index (χ4n) is 3.85. The SMILES string of the molecule is COc1cc2c(cc1Nc1ncnc3sc(-c4ccccc4)cc13)oc1ccccc12. The van der Waals surface area contributed by atoms with Crippen LogP contribution in [-0.2, 0) is 0 Å². The van der Waals surface area contributed by atoms with Crippen molar-refractivity contribution in [3.63, 3.8) is 0 Å². The molecular formula is C25H17N3O2S. The molecule has 3 aromatic carbocycles. The maximum absolute atomic E-state index is 6.05. The molecule has 3 heterocycles. The van der Waals surface area contributed by atoms with Crippen molar-refractivity contribution >= 4 is 55.0 Å². The Bertz CT molecular complexity index is 1550. The Morgan fingerprint density at radius 2 is 1.68 bits per heavy atom. The van der Waals surface area contributed by atoms with E-state index in [1.165, 1.54) is 0 Å². The Balaban J connectivity index is 1.47. The molecule has 0 atom stereocenters. The summed E-state index contributed by atoms with van der Waals surface area (Å²) in [5.41, 5.74) is 3.61. The minimum Gasteiger partial charge on any atom is -0.495 e. The zero-order valence-electron chi connectivity index (χ0n) is 16.6. The monoisotopic (exact) mass is 423 g/mol. The lowest BCUT2D eigenvalue weighted by Gasteiger charge is -2.11. The fraction of sp³-hybridized carbons (Fsp3) is 0.0400. The van der Waals surface area contributed by atoms with E-state index in [-0.39, 0.29) is 0 Å². The number of nitrogens with zero attached hydrogens (tertiary/aromatic N) is 2. The lowest BCUT2D eigenvalue weighted by Crippen LogP contribution is -1.97. The van der Waals surface area contributed by atoms with Crippen molar-refractivity contribution in [3.05, 3.63) is 79.1 Å². The van der Waals surface area contributed by atoms with Gasteiger partial charge in [-0.3, -0.25) is 0 Å². The molecule has 0 saturated carbocycles. The molecule has 6 aromatic rings. The Hall–Kier alpha value is -3.90. The second-order valence-electron chi connectivity index (χ2n) is 7.19. The molecule has 1 N–H and O–H groups in total. The van der Waals surface area contributed by atoms with Crippen molar-refractivity contribution in [2.45, 2.75) is 0 Å². The van der Waals surface area contributed by atoms with Gasteiger partial charge in [0.25, 0.3) is 0 Å². The lowest BCUT2D eigenvalue weighted by molar-refractivity contribution is 0.417. The van der Waals surface area contributed by atoms with Gasteiger partial charge in [0, 0.05) is 21.7 Å². The van der Waals surface area contributed by atoms with Crippen LogP contribution >= 0.6 is 11.3 Å². The van der Waals surface area contributed by atoms with Crippen LogP contribution in [0.15, 0.2) is 83.5 Å². The van der Waals surface area contributed by atoms with Gasteiger partial charge in [0.2, 0.25) is 0 Å². The number of ether oxygens (including phenoxy) is 1. The minimum absolute atomic E-state index is 0.726. The normalized spacial score (nSPS) is 11.4. The second kappa shape index (κ2) is 7.11.